The third-order valence-electron chi connectivity index (χ3n) is 4.62. The molecule has 1 aromatic carbocycles. The van der Waals surface area contributed by atoms with E-state index in [2.05, 4.69) is 32.9 Å². The number of rotatable bonds is 1. The Kier molecular flexibility index (Phi) is 4.83. The van der Waals surface area contributed by atoms with E-state index in [4.69, 9.17) is 0 Å². The lowest BCUT2D eigenvalue weighted by Crippen LogP contribution is -2.50. The first kappa shape index (κ1) is 17.5. The second-order valence-corrected chi connectivity index (χ2v) is 7.53. The third kappa shape index (κ3) is 3.74. The van der Waals surface area contributed by atoms with Gasteiger partial charge in [0.15, 0.2) is 0 Å². The maximum atomic E-state index is 12.9. The Morgan fingerprint density at radius 3 is 1.74 bits per heavy atom. The van der Waals surface area contributed by atoms with Crippen molar-refractivity contribution in [1.82, 2.24) is 9.80 Å². The molecule has 1 heterocycles. The lowest BCUT2D eigenvalue weighted by atomic mass is 9.83. The van der Waals surface area contributed by atoms with Crippen molar-refractivity contribution in [2.24, 2.45) is 0 Å². The van der Waals surface area contributed by atoms with Crippen molar-refractivity contribution in [3.63, 3.8) is 0 Å². The molecule has 1 fully saturated rings. The summed E-state index contributed by atoms with van der Waals surface area (Å²) in [6, 6.07) is 4.26. The molecular weight excluding hydrogens is 288 g/mol. The molecule has 4 nitrogen and oxygen atoms in total. The Bertz CT molecular complexity index is 598. The lowest BCUT2D eigenvalue weighted by Gasteiger charge is -2.35. The molecule has 1 aliphatic rings. The van der Waals surface area contributed by atoms with Gasteiger partial charge in [-0.15, -0.1) is 0 Å². The molecule has 1 saturated heterocycles. The summed E-state index contributed by atoms with van der Waals surface area (Å²) in [5, 5.41) is 0. The second kappa shape index (κ2) is 6.34. The van der Waals surface area contributed by atoms with E-state index in [1.165, 1.54) is 5.56 Å². The van der Waals surface area contributed by atoms with Gasteiger partial charge < -0.3 is 9.80 Å². The van der Waals surface area contributed by atoms with Crippen LogP contribution in [0, 0.1) is 13.8 Å². The quantitative estimate of drug-likeness (QED) is 0.799. The minimum atomic E-state index is 0.0736. The van der Waals surface area contributed by atoms with Gasteiger partial charge in [0.25, 0.3) is 5.91 Å². The number of benzene rings is 1. The highest BCUT2D eigenvalue weighted by molar-refractivity contribution is 5.97. The van der Waals surface area contributed by atoms with E-state index >= 15 is 0 Å². The number of aryl methyl sites for hydroxylation is 2. The average molecular weight is 316 g/mol. The molecule has 1 aromatic rings. The van der Waals surface area contributed by atoms with Gasteiger partial charge in [0, 0.05) is 38.7 Å². The monoisotopic (exact) mass is 316 g/mol. The Balaban J connectivity index is 2.22. The van der Waals surface area contributed by atoms with Crippen molar-refractivity contribution in [3.8, 4) is 0 Å². The maximum Gasteiger partial charge on any atom is 0.254 e. The van der Waals surface area contributed by atoms with Gasteiger partial charge in [-0.25, -0.2) is 0 Å². The molecular formula is C19H28N2O2. The van der Waals surface area contributed by atoms with Gasteiger partial charge in [0.05, 0.1) is 0 Å². The Hall–Kier alpha value is -1.84. The molecule has 0 N–H and O–H groups in total. The van der Waals surface area contributed by atoms with Crippen molar-refractivity contribution in [3.05, 3.63) is 34.4 Å². The fourth-order valence-electron chi connectivity index (χ4n) is 3.12. The van der Waals surface area contributed by atoms with Crippen LogP contribution in [0.2, 0.25) is 0 Å². The molecule has 126 valence electrons. The summed E-state index contributed by atoms with van der Waals surface area (Å²) >= 11 is 0. The summed E-state index contributed by atoms with van der Waals surface area (Å²) in [5.41, 5.74) is 4.21. The maximum absolute atomic E-state index is 12.9. The standard InChI is InChI=1S/C19H28N2O2/c1-13-11-16(19(4,5)6)12-14(2)17(13)18(23)21-9-7-20(8-10-21)15(3)22/h11-12H,7-10H2,1-6H3. The zero-order valence-corrected chi connectivity index (χ0v) is 15.2. The SMILES string of the molecule is CC(=O)N1CCN(C(=O)c2c(C)cc(C(C)(C)C)cc2C)CC1. The number of piperazine rings is 1. The molecule has 4 heteroatoms. The zero-order valence-electron chi connectivity index (χ0n) is 15.2. The van der Waals surface area contributed by atoms with E-state index in [1.807, 2.05) is 18.7 Å². The van der Waals surface area contributed by atoms with Crippen LogP contribution in [0.4, 0.5) is 0 Å². The number of amides is 2. The molecule has 0 aliphatic carbocycles. The van der Waals surface area contributed by atoms with E-state index in [1.54, 1.807) is 11.8 Å². The smallest absolute Gasteiger partial charge is 0.254 e. The van der Waals surface area contributed by atoms with Gasteiger partial charge in [0.2, 0.25) is 5.91 Å². The van der Waals surface area contributed by atoms with Crippen molar-refractivity contribution < 1.29 is 9.59 Å². The van der Waals surface area contributed by atoms with Crippen molar-refractivity contribution in [1.29, 1.82) is 0 Å². The number of hydrogen-bond acceptors (Lipinski definition) is 2. The van der Waals surface area contributed by atoms with Crippen LogP contribution < -0.4 is 0 Å². The number of carbonyl (C=O) groups excluding carboxylic acids is 2. The summed E-state index contributed by atoms with van der Waals surface area (Å²) in [6.45, 7) is 14.6. The van der Waals surface area contributed by atoms with E-state index in [9.17, 15) is 9.59 Å². The molecule has 2 rings (SSSR count). The van der Waals surface area contributed by atoms with Crippen LogP contribution in [0.1, 0.15) is 54.7 Å². The van der Waals surface area contributed by atoms with Crippen LogP contribution in [0.3, 0.4) is 0 Å². The van der Waals surface area contributed by atoms with Crippen molar-refractivity contribution in [2.45, 2.75) is 47.0 Å². The normalized spacial score (nSPS) is 15.7. The number of carbonyl (C=O) groups is 2. The Labute approximate surface area is 139 Å². The average Bonchev–Trinajstić information content (AvgIpc) is 2.45. The first-order valence-electron chi connectivity index (χ1n) is 8.28. The van der Waals surface area contributed by atoms with E-state index in [0.717, 1.165) is 16.7 Å². The third-order valence-corrected chi connectivity index (χ3v) is 4.62. The van der Waals surface area contributed by atoms with Crippen LogP contribution in [0.5, 0.6) is 0 Å². The fourth-order valence-corrected chi connectivity index (χ4v) is 3.12. The minimum absolute atomic E-state index is 0.0736. The highest BCUT2D eigenvalue weighted by Crippen LogP contribution is 2.27. The zero-order chi connectivity index (χ0) is 17.4. The Morgan fingerprint density at radius 2 is 1.35 bits per heavy atom. The predicted octanol–water partition coefficient (Wildman–Crippen LogP) is 2.91. The van der Waals surface area contributed by atoms with Gasteiger partial charge in [-0.05, 0) is 36.0 Å². The van der Waals surface area contributed by atoms with Gasteiger partial charge in [-0.3, -0.25) is 9.59 Å². The van der Waals surface area contributed by atoms with E-state index in [0.29, 0.717) is 26.2 Å². The summed E-state index contributed by atoms with van der Waals surface area (Å²) < 4.78 is 0. The van der Waals surface area contributed by atoms with Crippen LogP contribution in [-0.2, 0) is 10.2 Å². The molecule has 0 bridgehead atoms. The predicted molar refractivity (Wildman–Crippen MR) is 92.8 cm³/mol. The summed E-state index contributed by atoms with van der Waals surface area (Å²) in [6.07, 6.45) is 0. The highest BCUT2D eigenvalue weighted by atomic mass is 16.2. The largest absolute Gasteiger partial charge is 0.339 e. The van der Waals surface area contributed by atoms with Crippen molar-refractivity contribution in [2.75, 3.05) is 26.2 Å². The second-order valence-electron chi connectivity index (χ2n) is 7.53. The van der Waals surface area contributed by atoms with Crippen LogP contribution in [-0.4, -0.2) is 47.8 Å². The number of nitrogens with zero attached hydrogens (tertiary/aromatic N) is 2. The summed E-state index contributed by atoms with van der Waals surface area (Å²) in [4.78, 5) is 28.0. The minimum Gasteiger partial charge on any atom is -0.339 e. The number of hydrogen-bond donors (Lipinski definition) is 0. The molecule has 0 unspecified atom stereocenters. The molecule has 0 atom stereocenters. The van der Waals surface area contributed by atoms with Crippen LogP contribution in [0.25, 0.3) is 0 Å². The lowest BCUT2D eigenvalue weighted by molar-refractivity contribution is -0.130. The topological polar surface area (TPSA) is 40.6 Å². The van der Waals surface area contributed by atoms with Gasteiger partial charge in [-0.2, -0.15) is 0 Å². The summed E-state index contributed by atoms with van der Waals surface area (Å²) in [5.74, 6) is 0.169. The first-order valence-corrected chi connectivity index (χ1v) is 8.28. The van der Waals surface area contributed by atoms with E-state index < -0.39 is 0 Å². The van der Waals surface area contributed by atoms with Gasteiger partial charge in [-0.1, -0.05) is 32.9 Å². The fraction of sp³-hybridized carbons (Fsp3) is 0.579. The molecule has 0 aromatic heterocycles. The summed E-state index contributed by atoms with van der Waals surface area (Å²) in [7, 11) is 0. The molecule has 0 spiro atoms. The van der Waals surface area contributed by atoms with E-state index in [-0.39, 0.29) is 17.2 Å². The molecule has 0 saturated carbocycles. The van der Waals surface area contributed by atoms with Crippen molar-refractivity contribution >= 4 is 11.8 Å². The molecule has 1 aliphatic heterocycles. The molecule has 23 heavy (non-hydrogen) atoms. The van der Waals surface area contributed by atoms with Gasteiger partial charge in [0.1, 0.15) is 0 Å². The first-order chi connectivity index (χ1) is 10.6. The van der Waals surface area contributed by atoms with Crippen LogP contribution >= 0.6 is 0 Å². The highest BCUT2D eigenvalue weighted by Gasteiger charge is 2.26. The van der Waals surface area contributed by atoms with Crippen LogP contribution in [0.15, 0.2) is 12.1 Å². The Morgan fingerprint density at radius 1 is 0.913 bits per heavy atom. The molecule has 2 amide bonds. The molecule has 0 radical (unpaired) electrons. The van der Waals surface area contributed by atoms with Gasteiger partial charge >= 0.3 is 0 Å².